The van der Waals surface area contributed by atoms with E-state index < -0.39 is 78.6 Å². The Morgan fingerprint density at radius 1 is 0.789 bits per heavy atom. The van der Waals surface area contributed by atoms with Gasteiger partial charge in [-0.25, -0.2) is 0 Å². The number of carboxylic acids is 1. The summed E-state index contributed by atoms with van der Waals surface area (Å²) in [4.78, 5) is 12.1. The van der Waals surface area contributed by atoms with Crippen molar-refractivity contribution in [3.63, 3.8) is 0 Å². The molecule has 2 heterocycles. The van der Waals surface area contributed by atoms with E-state index in [0.717, 1.165) is 0 Å². The van der Waals surface area contributed by atoms with Crippen molar-refractivity contribution in [3.05, 3.63) is 71.5 Å². The molecule has 0 fully saturated rings. The van der Waals surface area contributed by atoms with Gasteiger partial charge in [-0.05, 0) is 81.5 Å². The monoisotopic (exact) mass is 879 g/mol. The highest BCUT2D eigenvalue weighted by atomic mass is 32.2. The Morgan fingerprint density at radius 2 is 1.35 bits per heavy atom. The van der Waals surface area contributed by atoms with Crippen LogP contribution in [0.15, 0.2) is 70.1 Å². The van der Waals surface area contributed by atoms with Crippen LogP contribution in [-0.4, -0.2) is 125 Å². The quantitative estimate of drug-likeness (QED) is 0.0684. The van der Waals surface area contributed by atoms with Gasteiger partial charge in [-0.2, -0.15) is 38.2 Å². The van der Waals surface area contributed by atoms with Gasteiger partial charge in [-0.1, -0.05) is 6.08 Å². The second kappa shape index (κ2) is 17.7. The van der Waals surface area contributed by atoms with Crippen LogP contribution in [0.25, 0.3) is 0 Å². The van der Waals surface area contributed by atoms with E-state index in [-0.39, 0.29) is 65.0 Å². The third-order valence-electron chi connectivity index (χ3n) is 10.1. The summed E-state index contributed by atoms with van der Waals surface area (Å²) in [6.45, 7) is 3.95. The molecular weight excluding hydrogens is 833 g/mol. The van der Waals surface area contributed by atoms with E-state index in [0.29, 0.717) is 33.9 Å². The number of fused-ring (bicyclic) bond motifs is 2. The average Bonchev–Trinajstić information content (AvgIpc) is 3.45. The molecule has 2 atom stereocenters. The molecule has 22 heteroatoms. The van der Waals surface area contributed by atoms with E-state index in [1.54, 1.807) is 36.7 Å². The van der Waals surface area contributed by atoms with Crippen molar-refractivity contribution in [1.82, 2.24) is 0 Å². The number of methoxy groups -OCH3 is 1. The fourth-order valence-electron chi connectivity index (χ4n) is 7.44. The van der Waals surface area contributed by atoms with Crippen molar-refractivity contribution >= 4 is 63.5 Å². The Hall–Kier alpha value is -3.58. The number of nitrogens with zero attached hydrogens (tertiary/aromatic N) is 2. The minimum atomic E-state index is -4.69. The number of hydrogen-bond donors (Lipinski definition) is 5. The molecule has 4 rings (SSSR count). The lowest BCUT2D eigenvalue weighted by Gasteiger charge is -2.30. The molecule has 0 saturated carbocycles. The fraction of sp³-hybridized carbons (Fsp3) is 0.486. The first kappa shape index (κ1) is 46.1. The topological polar surface area (TPSA) is 279 Å². The maximum atomic E-state index is 12.3. The van der Waals surface area contributed by atoms with Gasteiger partial charge in [0, 0.05) is 48.2 Å². The van der Waals surface area contributed by atoms with Gasteiger partial charge in [0.1, 0.15) is 6.61 Å². The minimum absolute atomic E-state index is 0.00827. The Kier molecular flexibility index (Phi) is 14.3. The van der Waals surface area contributed by atoms with E-state index in [1.807, 2.05) is 4.90 Å². The molecule has 2 aliphatic rings. The molecule has 18 nitrogen and oxygen atoms in total. The van der Waals surface area contributed by atoms with Crippen molar-refractivity contribution in [2.45, 2.75) is 66.6 Å². The third kappa shape index (κ3) is 11.3. The fourth-order valence-corrected chi connectivity index (χ4v) is 9.47. The average molecular weight is 880 g/mol. The summed E-state index contributed by atoms with van der Waals surface area (Å²) in [5.41, 5.74) is 0.647. The van der Waals surface area contributed by atoms with E-state index in [4.69, 9.17) is 14.6 Å². The van der Waals surface area contributed by atoms with Crippen LogP contribution in [0.4, 0.5) is 11.4 Å². The highest BCUT2D eigenvalue weighted by Gasteiger charge is 2.48. The van der Waals surface area contributed by atoms with Gasteiger partial charge in [0.15, 0.2) is 12.3 Å². The predicted molar refractivity (Wildman–Crippen MR) is 208 cm³/mol. The van der Waals surface area contributed by atoms with Gasteiger partial charge in [-0.3, -0.25) is 23.0 Å². The first-order valence-electron chi connectivity index (χ1n) is 17.6. The number of rotatable bonds is 21. The molecule has 0 aliphatic carbocycles. The Balaban J connectivity index is 1.93. The molecule has 0 aromatic heterocycles. The van der Waals surface area contributed by atoms with E-state index in [1.165, 1.54) is 43.5 Å². The molecule has 2 aromatic carbocycles. The van der Waals surface area contributed by atoms with Crippen LogP contribution in [0.1, 0.15) is 57.1 Å². The smallest absolute Gasteiger partial charge is 0.305 e. The summed E-state index contributed by atoms with van der Waals surface area (Å²) in [7, 11) is -16.6. The SMILES string of the molecule is COCCN1C(=CC=CC2=[N+](CCOCCC(=O)O)c3ccc(S(=O)(=O)O)cc3C2(C)CCCS(=O)(=O)O)C(C)(CCCS(=O)(=O)O)c2cc(S(=O)(=O)O)ccc21. The number of anilines is 1. The summed E-state index contributed by atoms with van der Waals surface area (Å²) < 4.78 is 148. The summed E-state index contributed by atoms with van der Waals surface area (Å²) in [6, 6.07) is 7.97. The summed E-state index contributed by atoms with van der Waals surface area (Å²) in [5, 5.41) is 9.05. The summed E-state index contributed by atoms with van der Waals surface area (Å²) in [5.74, 6) is -2.28. The molecule has 0 bridgehead atoms. The molecule has 2 unspecified atom stereocenters. The maximum Gasteiger partial charge on any atom is 0.305 e. The first-order valence-corrected chi connectivity index (χ1v) is 23.7. The predicted octanol–water partition coefficient (Wildman–Crippen LogP) is 3.23. The van der Waals surface area contributed by atoms with Gasteiger partial charge in [0.2, 0.25) is 5.69 Å². The van der Waals surface area contributed by atoms with Crippen LogP contribution in [-0.2, 0) is 65.6 Å². The van der Waals surface area contributed by atoms with Gasteiger partial charge in [0.05, 0.1) is 46.3 Å². The van der Waals surface area contributed by atoms with Crippen LogP contribution >= 0.6 is 0 Å². The number of carbonyl (C=O) groups is 1. The minimum Gasteiger partial charge on any atom is -0.481 e. The van der Waals surface area contributed by atoms with E-state index in [2.05, 4.69) is 0 Å². The molecule has 2 aromatic rings. The summed E-state index contributed by atoms with van der Waals surface area (Å²) >= 11 is 0. The molecular formula is C35H47N2O16S4+. The lowest BCUT2D eigenvalue weighted by Crippen LogP contribution is -2.33. The molecule has 57 heavy (non-hydrogen) atoms. The van der Waals surface area contributed by atoms with Crippen LogP contribution in [0.2, 0.25) is 0 Å². The number of ether oxygens (including phenoxy) is 2. The first-order chi connectivity index (χ1) is 26.3. The zero-order valence-electron chi connectivity index (χ0n) is 31.4. The van der Waals surface area contributed by atoms with Crippen LogP contribution < -0.4 is 4.90 Å². The van der Waals surface area contributed by atoms with Crippen molar-refractivity contribution in [2.75, 3.05) is 56.4 Å². The number of aliphatic carboxylic acids is 1. The molecule has 5 N–H and O–H groups in total. The van der Waals surface area contributed by atoms with Crippen molar-refractivity contribution in [1.29, 1.82) is 0 Å². The molecule has 0 spiro atoms. The van der Waals surface area contributed by atoms with Crippen LogP contribution in [0.5, 0.6) is 0 Å². The second-order valence-electron chi connectivity index (χ2n) is 14.1. The molecule has 0 amide bonds. The van der Waals surface area contributed by atoms with Gasteiger partial charge < -0.3 is 19.5 Å². The largest absolute Gasteiger partial charge is 0.481 e. The van der Waals surface area contributed by atoms with Crippen LogP contribution in [0, 0.1) is 0 Å². The molecule has 2 aliphatic heterocycles. The highest BCUT2D eigenvalue weighted by Crippen LogP contribution is 2.51. The Bertz CT molecular complexity index is 2410. The normalized spacial score (nSPS) is 20.8. The molecule has 0 radical (unpaired) electrons. The third-order valence-corrected chi connectivity index (χ3v) is 13.4. The lowest BCUT2D eigenvalue weighted by atomic mass is 9.75. The van der Waals surface area contributed by atoms with E-state index >= 15 is 0 Å². The summed E-state index contributed by atoms with van der Waals surface area (Å²) in [6.07, 6.45) is 4.80. The zero-order valence-corrected chi connectivity index (χ0v) is 34.7. The zero-order chi connectivity index (χ0) is 42.6. The van der Waals surface area contributed by atoms with E-state index in [9.17, 15) is 56.7 Å². The molecule has 0 saturated heterocycles. The Morgan fingerprint density at radius 3 is 1.89 bits per heavy atom. The van der Waals surface area contributed by atoms with Gasteiger partial charge in [-0.15, -0.1) is 0 Å². The number of benzene rings is 2. The molecule has 316 valence electrons. The second-order valence-corrected chi connectivity index (χ2v) is 20.1. The van der Waals surface area contributed by atoms with Crippen molar-refractivity contribution < 1.29 is 75.8 Å². The van der Waals surface area contributed by atoms with Gasteiger partial charge >= 0.3 is 5.97 Å². The number of hydrogen-bond acceptors (Lipinski definition) is 12. The lowest BCUT2D eigenvalue weighted by molar-refractivity contribution is -0.442. The maximum absolute atomic E-state index is 12.3. The standard InChI is InChI=1S/C35H46N2O16S4/c1-34(14-5-21-54(40,41)42)27-23-25(56(46,47)48)9-11-29(27)36(16-19-52-3)31(34)7-4-8-32-35(2,15-6-22-55(43,44)45)28-24-26(57(49,50)51)10-12-30(28)37(32)17-20-53-18-13-33(38)39/h4,7-12,23-24H,5-6,13-22H2,1-3H3,(H4-,38,39,40,41,42,43,44,45,46,47,48,49,50,51)/p+1. The number of carboxylic acid groups (broad SMARTS) is 1. The van der Waals surface area contributed by atoms with Crippen LogP contribution in [0.3, 0.4) is 0 Å². The van der Waals surface area contributed by atoms with Crippen molar-refractivity contribution in [3.8, 4) is 0 Å². The number of allylic oxidation sites excluding steroid dienone is 4. The van der Waals surface area contributed by atoms with Crippen molar-refractivity contribution in [2.24, 2.45) is 0 Å². The Labute approximate surface area is 332 Å². The van der Waals surface area contributed by atoms with Gasteiger partial charge in [0.25, 0.3) is 40.5 Å². The highest BCUT2D eigenvalue weighted by molar-refractivity contribution is 7.86.